The van der Waals surface area contributed by atoms with Crippen LogP contribution in [-0.4, -0.2) is 41.9 Å². The maximum absolute atomic E-state index is 13.0. The maximum atomic E-state index is 13.0. The molecular weight excluding hydrogens is 303 g/mol. The molecule has 0 atom stereocenters. The summed E-state index contributed by atoms with van der Waals surface area (Å²) in [5.74, 6) is 0.361. The molecule has 0 unspecified atom stereocenters. The molecule has 0 radical (unpaired) electrons. The lowest BCUT2D eigenvalue weighted by molar-refractivity contribution is -0.140. The minimum absolute atomic E-state index is 0.184. The first-order valence-corrected chi connectivity index (χ1v) is 9.19. The second-order valence-electron chi connectivity index (χ2n) is 8.20. The van der Waals surface area contributed by atoms with Gasteiger partial charge in [0.2, 0.25) is 5.91 Å². The summed E-state index contributed by atoms with van der Waals surface area (Å²) in [6.07, 6.45) is 4.23. The monoisotopic (exact) mass is 332 g/mol. The van der Waals surface area contributed by atoms with Gasteiger partial charge in [0.15, 0.2) is 0 Å². The van der Waals surface area contributed by atoms with E-state index < -0.39 is 0 Å². The number of carbonyl (C=O) groups excluding carboxylic acids is 1. The smallest absolute Gasteiger partial charge is 0.225 e. The number of likely N-dealkylation sites (tertiary alicyclic amines) is 2. The van der Waals surface area contributed by atoms with E-state index in [1.807, 2.05) is 12.1 Å². The van der Waals surface area contributed by atoms with E-state index >= 15 is 0 Å². The SMILES string of the molecule is CC1(C)CCCN(C(=O)C2CCN(Cc3ccc(F)cc3)CC2)C1. The molecule has 2 heterocycles. The molecule has 2 fully saturated rings. The second-order valence-corrected chi connectivity index (χ2v) is 8.20. The van der Waals surface area contributed by atoms with E-state index in [9.17, 15) is 9.18 Å². The van der Waals surface area contributed by atoms with Crippen LogP contribution < -0.4 is 0 Å². The van der Waals surface area contributed by atoms with Gasteiger partial charge >= 0.3 is 0 Å². The largest absolute Gasteiger partial charge is 0.342 e. The molecule has 0 spiro atoms. The molecule has 2 saturated heterocycles. The highest BCUT2D eigenvalue weighted by atomic mass is 19.1. The van der Waals surface area contributed by atoms with Crippen molar-refractivity contribution in [3.8, 4) is 0 Å². The van der Waals surface area contributed by atoms with E-state index in [0.717, 1.165) is 57.5 Å². The van der Waals surface area contributed by atoms with Crippen molar-refractivity contribution in [2.24, 2.45) is 11.3 Å². The van der Waals surface area contributed by atoms with Crippen LogP contribution in [0.25, 0.3) is 0 Å². The Balaban J connectivity index is 1.49. The van der Waals surface area contributed by atoms with Gasteiger partial charge in [0.05, 0.1) is 0 Å². The van der Waals surface area contributed by atoms with E-state index in [-0.39, 0.29) is 17.2 Å². The van der Waals surface area contributed by atoms with Gasteiger partial charge in [0, 0.05) is 25.6 Å². The first kappa shape index (κ1) is 17.4. The van der Waals surface area contributed by atoms with Crippen LogP contribution in [0.4, 0.5) is 4.39 Å². The first-order valence-electron chi connectivity index (χ1n) is 9.19. The fourth-order valence-corrected chi connectivity index (χ4v) is 4.06. The highest BCUT2D eigenvalue weighted by Gasteiger charge is 2.33. The third-order valence-electron chi connectivity index (χ3n) is 5.47. The number of hydrogen-bond acceptors (Lipinski definition) is 2. The Kier molecular flexibility index (Phi) is 5.24. The zero-order chi connectivity index (χ0) is 17.2. The van der Waals surface area contributed by atoms with E-state index in [0.29, 0.717) is 5.91 Å². The maximum Gasteiger partial charge on any atom is 0.225 e. The number of halogens is 1. The van der Waals surface area contributed by atoms with Gasteiger partial charge in [0.1, 0.15) is 5.82 Å². The summed E-state index contributed by atoms with van der Waals surface area (Å²) in [6.45, 7) is 9.10. The summed E-state index contributed by atoms with van der Waals surface area (Å²) in [7, 11) is 0. The molecule has 24 heavy (non-hydrogen) atoms. The first-order chi connectivity index (χ1) is 11.4. The molecule has 1 aromatic rings. The number of rotatable bonds is 3. The summed E-state index contributed by atoms with van der Waals surface area (Å²) < 4.78 is 13.0. The third-order valence-corrected chi connectivity index (χ3v) is 5.47. The fourth-order valence-electron chi connectivity index (χ4n) is 4.06. The van der Waals surface area contributed by atoms with Gasteiger partial charge < -0.3 is 4.90 Å². The summed E-state index contributed by atoms with van der Waals surface area (Å²) in [6, 6.07) is 6.73. The highest BCUT2D eigenvalue weighted by molar-refractivity contribution is 5.79. The number of amides is 1. The van der Waals surface area contributed by atoms with Crippen molar-refractivity contribution in [2.75, 3.05) is 26.2 Å². The molecule has 0 aromatic heterocycles. The lowest BCUT2D eigenvalue weighted by Crippen LogP contribution is -2.48. The van der Waals surface area contributed by atoms with Crippen LogP contribution in [0.5, 0.6) is 0 Å². The molecule has 0 aliphatic carbocycles. The van der Waals surface area contributed by atoms with Gasteiger partial charge in [-0.3, -0.25) is 9.69 Å². The number of piperidine rings is 2. The summed E-state index contributed by atoms with van der Waals surface area (Å²) in [4.78, 5) is 17.3. The van der Waals surface area contributed by atoms with Crippen LogP contribution in [0.3, 0.4) is 0 Å². The highest BCUT2D eigenvalue weighted by Crippen LogP contribution is 2.30. The molecule has 0 N–H and O–H groups in total. The summed E-state index contributed by atoms with van der Waals surface area (Å²) in [5, 5.41) is 0. The third kappa shape index (κ3) is 4.35. The topological polar surface area (TPSA) is 23.6 Å². The molecule has 1 amide bonds. The Morgan fingerprint density at radius 3 is 2.46 bits per heavy atom. The molecule has 132 valence electrons. The standard InChI is InChI=1S/C20H29FN2O/c1-20(2)10-3-11-23(15-20)19(24)17-8-12-22(13-9-17)14-16-4-6-18(21)7-5-16/h4-7,17H,3,8-15H2,1-2H3. The Bertz CT molecular complexity index is 562. The Morgan fingerprint density at radius 2 is 1.83 bits per heavy atom. The second kappa shape index (κ2) is 7.22. The van der Waals surface area contributed by atoms with Crippen molar-refractivity contribution >= 4 is 5.91 Å². The molecule has 0 bridgehead atoms. The Hall–Kier alpha value is -1.42. The van der Waals surface area contributed by atoms with E-state index in [2.05, 4.69) is 23.6 Å². The molecular formula is C20H29FN2O. The molecule has 2 aliphatic rings. The molecule has 4 heteroatoms. The molecule has 3 rings (SSSR count). The van der Waals surface area contributed by atoms with Crippen LogP contribution in [-0.2, 0) is 11.3 Å². The van der Waals surface area contributed by atoms with Gasteiger partial charge in [-0.05, 0) is 61.9 Å². The van der Waals surface area contributed by atoms with Crippen LogP contribution in [0.15, 0.2) is 24.3 Å². The van der Waals surface area contributed by atoms with Gasteiger partial charge in [-0.15, -0.1) is 0 Å². The average Bonchev–Trinajstić information content (AvgIpc) is 2.56. The molecule has 3 nitrogen and oxygen atoms in total. The van der Waals surface area contributed by atoms with Crippen molar-refractivity contribution in [3.05, 3.63) is 35.6 Å². The predicted octanol–water partition coefficient (Wildman–Crippen LogP) is 3.69. The fraction of sp³-hybridized carbons (Fsp3) is 0.650. The van der Waals surface area contributed by atoms with Crippen LogP contribution >= 0.6 is 0 Å². The number of carbonyl (C=O) groups is 1. The lowest BCUT2D eigenvalue weighted by Gasteiger charge is -2.41. The minimum atomic E-state index is -0.187. The summed E-state index contributed by atoms with van der Waals surface area (Å²) >= 11 is 0. The van der Waals surface area contributed by atoms with Crippen LogP contribution in [0, 0.1) is 17.2 Å². The molecule has 1 aromatic carbocycles. The van der Waals surface area contributed by atoms with Crippen molar-refractivity contribution in [1.82, 2.24) is 9.80 Å². The van der Waals surface area contributed by atoms with Gasteiger partial charge in [0.25, 0.3) is 0 Å². The molecule has 2 aliphatic heterocycles. The Labute approximate surface area is 144 Å². The van der Waals surface area contributed by atoms with E-state index in [4.69, 9.17) is 0 Å². The van der Waals surface area contributed by atoms with Gasteiger partial charge in [-0.1, -0.05) is 26.0 Å². The quantitative estimate of drug-likeness (QED) is 0.843. The zero-order valence-corrected chi connectivity index (χ0v) is 14.9. The van der Waals surface area contributed by atoms with E-state index in [1.165, 1.54) is 18.6 Å². The minimum Gasteiger partial charge on any atom is -0.342 e. The van der Waals surface area contributed by atoms with Crippen molar-refractivity contribution in [1.29, 1.82) is 0 Å². The van der Waals surface area contributed by atoms with Crippen molar-refractivity contribution < 1.29 is 9.18 Å². The van der Waals surface area contributed by atoms with E-state index in [1.54, 1.807) is 0 Å². The van der Waals surface area contributed by atoms with Gasteiger partial charge in [-0.25, -0.2) is 4.39 Å². The van der Waals surface area contributed by atoms with Crippen molar-refractivity contribution in [2.45, 2.75) is 46.1 Å². The zero-order valence-electron chi connectivity index (χ0n) is 14.9. The Morgan fingerprint density at radius 1 is 1.17 bits per heavy atom. The number of hydrogen-bond donors (Lipinski definition) is 0. The number of benzene rings is 1. The van der Waals surface area contributed by atoms with Crippen LogP contribution in [0.1, 0.15) is 45.1 Å². The summed E-state index contributed by atoms with van der Waals surface area (Å²) in [5.41, 5.74) is 1.40. The lowest BCUT2D eigenvalue weighted by atomic mass is 9.83. The normalized spacial score (nSPS) is 22.5. The van der Waals surface area contributed by atoms with Gasteiger partial charge in [-0.2, -0.15) is 0 Å². The average molecular weight is 332 g/mol. The molecule has 0 saturated carbocycles. The van der Waals surface area contributed by atoms with Crippen LogP contribution in [0.2, 0.25) is 0 Å². The van der Waals surface area contributed by atoms with Crippen molar-refractivity contribution in [3.63, 3.8) is 0 Å². The predicted molar refractivity (Wildman–Crippen MR) is 94.0 cm³/mol. The number of nitrogens with zero attached hydrogens (tertiary/aromatic N) is 2.